The van der Waals surface area contributed by atoms with Crippen LogP contribution in [0.5, 0.6) is 0 Å². The minimum absolute atomic E-state index is 0.173. The van der Waals surface area contributed by atoms with Crippen molar-refractivity contribution in [1.82, 2.24) is 14.7 Å². The molecule has 3 aromatic rings. The summed E-state index contributed by atoms with van der Waals surface area (Å²) in [5.41, 5.74) is 4.06. The lowest BCUT2D eigenvalue weighted by atomic mass is 10.2. The summed E-state index contributed by atoms with van der Waals surface area (Å²) in [4.78, 5) is 18.9. The van der Waals surface area contributed by atoms with Crippen LogP contribution in [0, 0.1) is 18.8 Å². The molecular weight excluding hydrogens is 312 g/mol. The van der Waals surface area contributed by atoms with E-state index in [0.29, 0.717) is 11.4 Å². The molecule has 0 fully saturated rings. The number of hydrogen-bond donors (Lipinski definition) is 1. The van der Waals surface area contributed by atoms with Gasteiger partial charge in [-0.1, -0.05) is 17.9 Å². The number of nitrogens with zero attached hydrogens (tertiary/aromatic N) is 3. The maximum absolute atomic E-state index is 12.4. The largest absolute Gasteiger partial charge is 0.378 e. The number of aromatic nitrogens is 2. The number of carbonyl (C=O) groups excluding carboxylic acids is 1. The van der Waals surface area contributed by atoms with Gasteiger partial charge in [0, 0.05) is 31.5 Å². The number of anilines is 1. The highest BCUT2D eigenvalue weighted by Crippen LogP contribution is 2.12. The van der Waals surface area contributed by atoms with Crippen molar-refractivity contribution in [3.63, 3.8) is 0 Å². The van der Waals surface area contributed by atoms with E-state index >= 15 is 0 Å². The van der Waals surface area contributed by atoms with Gasteiger partial charge in [0.25, 0.3) is 5.91 Å². The van der Waals surface area contributed by atoms with Crippen molar-refractivity contribution in [2.24, 2.45) is 0 Å². The summed E-state index contributed by atoms with van der Waals surface area (Å²) < 4.78 is 1.79. The van der Waals surface area contributed by atoms with Gasteiger partial charge in [0.1, 0.15) is 11.3 Å². The molecule has 2 heterocycles. The third-order valence-electron chi connectivity index (χ3n) is 3.87. The second-order valence-corrected chi connectivity index (χ2v) is 5.90. The maximum Gasteiger partial charge on any atom is 0.270 e. The van der Waals surface area contributed by atoms with Gasteiger partial charge in [0.2, 0.25) is 0 Å². The lowest BCUT2D eigenvalue weighted by molar-refractivity contribution is 0.0952. The Kier molecular flexibility index (Phi) is 4.71. The molecule has 0 spiro atoms. The highest BCUT2D eigenvalue weighted by Gasteiger charge is 2.15. The van der Waals surface area contributed by atoms with Crippen molar-refractivity contribution in [3.05, 3.63) is 65.6 Å². The first kappa shape index (κ1) is 16.6. The quantitative estimate of drug-likeness (QED) is 0.750. The third-order valence-corrected chi connectivity index (χ3v) is 3.87. The highest BCUT2D eigenvalue weighted by atomic mass is 16.1. The fourth-order valence-electron chi connectivity index (χ4n) is 2.58. The number of amides is 1. The smallest absolute Gasteiger partial charge is 0.270 e. The number of pyridine rings is 1. The number of benzene rings is 1. The van der Waals surface area contributed by atoms with Crippen molar-refractivity contribution in [2.75, 3.05) is 25.5 Å². The van der Waals surface area contributed by atoms with Gasteiger partial charge in [0.05, 0.1) is 12.2 Å². The number of nitrogens with one attached hydrogen (secondary N) is 1. The molecule has 1 aromatic carbocycles. The second kappa shape index (κ2) is 7.10. The van der Waals surface area contributed by atoms with Crippen LogP contribution >= 0.6 is 0 Å². The van der Waals surface area contributed by atoms with Crippen LogP contribution < -0.4 is 10.2 Å². The Bertz CT molecular complexity index is 959. The van der Waals surface area contributed by atoms with E-state index in [1.807, 2.05) is 74.6 Å². The first-order valence-corrected chi connectivity index (χ1v) is 8.04. The van der Waals surface area contributed by atoms with Gasteiger partial charge in [-0.25, -0.2) is 4.98 Å². The van der Waals surface area contributed by atoms with E-state index in [1.165, 1.54) is 0 Å². The predicted octanol–water partition coefficient (Wildman–Crippen LogP) is 2.49. The number of imidazole rings is 1. The van der Waals surface area contributed by atoms with E-state index in [-0.39, 0.29) is 12.5 Å². The topological polar surface area (TPSA) is 49.6 Å². The van der Waals surface area contributed by atoms with E-state index in [2.05, 4.69) is 22.1 Å². The Balaban J connectivity index is 1.66. The van der Waals surface area contributed by atoms with E-state index in [1.54, 1.807) is 4.40 Å². The second-order valence-electron chi connectivity index (χ2n) is 5.90. The molecule has 5 nitrogen and oxygen atoms in total. The molecule has 2 aromatic heterocycles. The fraction of sp³-hybridized carbons (Fsp3) is 0.200. The van der Waals surface area contributed by atoms with Crippen LogP contribution in [0.3, 0.4) is 0 Å². The number of rotatable bonds is 3. The highest BCUT2D eigenvalue weighted by molar-refractivity contribution is 5.94. The summed E-state index contributed by atoms with van der Waals surface area (Å²) in [5, 5.41) is 2.84. The Morgan fingerprint density at radius 1 is 1.20 bits per heavy atom. The normalized spacial score (nSPS) is 10.2. The van der Waals surface area contributed by atoms with Crippen LogP contribution in [0.15, 0.2) is 48.7 Å². The van der Waals surface area contributed by atoms with Crippen LogP contribution in [0.25, 0.3) is 5.65 Å². The minimum Gasteiger partial charge on any atom is -0.378 e. The molecule has 0 aliphatic rings. The zero-order chi connectivity index (χ0) is 17.8. The monoisotopic (exact) mass is 332 g/mol. The SMILES string of the molecule is Cc1nc2ccccn2c1C(=O)NCC#Cc1ccc(N(C)C)cc1. The first-order valence-electron chi connectivity index (χ1n) is 8.04. The molecule has 25 heavy (non-hydrogen) atoms. The number of aryl methyl sites for hydroxylation is 1. The Morgan fingerprint density at radius 3 is 2.68 bits per heavy atom. The zero-order valence-corrected chi connectivity index (χ0v) is 14.6. The molecule has 0 saturated heterocycles. The molecule has 0 bridgehead atoms. The van der Waals surface area contributed by atoms with Crippen LogP contribution in [-0.2, 0) is 0 Å². The molecule has 3 rings (SSSR count). The summed E-state index contributed by atoms with van der Waals surface area (Å²) in [6, 6.07) is 13.6. The lowest BCUT2D eigenvalue weighted by Crippen LogP contribution is -2.25. The van der Waals surface area contributed by atoms with Gasteiger partial charge in [-0.3, -0.25) is 9.20 Å². The van der Waals surface area contributed by atoms with Crippen LogP contribution in [0.4, 0.5) is 5.69 Å². The van der Waals surface area contributed by atoms with E-state index < -0.39 is 0 Å². The summed E-state index contributed by atoms with van der Waals surface area (Å²) in [7, 11) is 4.00. The average molecular weight is 332 g/mol. The van der Waals surface area contributed by atoms with Gasteiger partial charge < -0.3 is 10.2 Å². The van der Waals surface area contributed by atoms with Crippen molar-refractivity contribution in [2.45, 2.75) is 6.92 Å². The molecule has 1 amide bonds. The van der Waals surface area contributed by atoms with Crippen molar-refractivity contribution in [3.8, 4) is 11.8 Å². The van der Waals surface area contributed by atoms with Crippen LogP contribution in [0.2, 0.25) is 0 Å². The van der Waals surface area contributed by atoms with Gasteiger partial charge in [-0.05, 0) is 43.3 Å². The van der Waals surface area contributed by atoms with Crippen molar-refractivity contribution < 1.29 is 4.79 Å². The van der Waals surface area contributed by atoms with Gasteiger partial charge in [0.15, 0.2) is 0 Å². The molecule has 0 unspecified atom stereocenters. The van der Waals surface area contributed by atoms with Gasteiger partial charge in [-0.2, -0.15) is 0 Å². The first-order chi connectivity index (χ1) is 12.1. The van der Waals surface area contributed by atoms with E-state index in [9.17, 15) is 4.79 Å². The third kappa shape index (κ3) is 3.64. The molecule has 0 atom stereocenters. The number of fused-ring (bicyclic) bond motifs is 1. The molecule has 126 valence electrons. The van der Waals surface area contributed by atoms with E-state index in [0.717, 1.165) is 16.9 Å². The van der Waals surface area contributed by atoms with Crippen molar-refractivity contribution in [1.29, 1.82) is 0 Å². The number of hydrogen-bond acceptors (Lipinski definition) is 3. The Hall–Kier alpha value is -3.26. The molecule has 0 aliphatic carbocycles. The fourth-order valence-corrected chi connectivity index (χ4v) is 2.58. The van der Waals surface area contributed by atoms with Gasteiger partial charge >= 0.3 is 0 Å². The van der Waals surface area contributed by atoms with E-state index in [4.69, 9.17) is 0 Å². The Morgan fingerprint density at radius 2 is 1.96 bits per heavy atom. The van der Waals surface area contributed by atoms with Gasteiger partial charge in [-0.15, -0.1) is 0 Å². The summed E-state index contributed by atoms with van der Waals surface area (Å²) in [6.45, 7) is 2.12. The molecular formula is C20H20N4O. The molecule has 5 heteroatoms. The van der Waals surface area contributed by atoms with Crippen LogP contribution in [-0.4, -0.2) is 35.9 Å². The summed E-state index contributed by atoms with van der Waals surface area (Å²) in [6.07, 6.45) is 1.84. The minimum atomic E-state index is -0.173. The standard InChI is InChI=1S/C20H20N4O/c1-15-19(24-14-5-4-8-18(24)22-15)20(25)21-13-6-7-16-9-11-17(12-10-16)23(2)3/h4-5,8-12,14H,13H2,1-3H3,(H,21,25). The van der Waals surface area contributed by atoms with Crippen LogP contribution in [0.1, 0.15) is 21.7 Å². The summed E-state index contributed by atoms with van der Waals surface area (Å²) in [5.74, 6) is 5.87. The summed E-state index contributed by atoms with van der Waals surface area (Å²) >= 11 is 0. The molecule has 1 N–H and O–H groups in total. The average Bonchev–Trinajstić information content (AvgIpc) is 2.94. The lowest BCUT2D eigenvalue weighted by Gasteiger charge is -2.11. The molecule has 0 aliphatic heterocycles. The maximum atomic E-state index is 12.4. The molecule has 0 saturated carbocycles. The zero-order valence-electron chi connectivity index (χ0n) is 14.6. The number of carbonyl (C=O) groups is 1. The predicted molar refractivity (Wildman–Crippen MR) is 99.9 cm³/mol. The molecule has 0 radical (unpaired) electrons. The Labute approximate surface area is 147 Å². The van der Waals surface area contributed by atoms with Crippen molar-refractivity contribution >= 4 is 17.2 Å².